The fraction of sp³-hybridized carbons (Fsp3) is 0.364. The molecule has 1 N–H and O–H groups in total. The van der Waals surface area contributed by atoms with E-state index in [1.807, 2.05) is 6.07 Å². The van der Waals surface area contributed by atoms with Gasteiger partial charge in [0.1, 0.15) is 11.5 Å². The predicted octanol–water partition coefficient (Wildman–Crippen LogP) is 2.01. The lowest BCUT2D eigenvalue weighted by Gasteiger charge is -2.06. The summed E-state index contributed by atoms with van der Waals surface area (Å²) in [6.45, 7) is 1.61. The zero-order valence-electron chi connectivity index (χ0n) is 7.58. The van der Waals surface area contributed by atoms with Gasteiger partial charge in [-0.2, -0.15) is 0 Å². The van der Waals surface area contributed by atoms with E-state index in [0.717, 1.165) is 18.4 Å². The summed E-state index contributed by atoms with van der Waals surface area (Å²) in [6, 6.07) is 5.31. The molecular formula is C11H12O2. The molecule has 0 spiro atoms. The summed E-state index contributed by atoms with van der Waals surface area (Å²) in [5, 5.41) is 9.28. The molecule has 0 amide bonds. The molecule has 1 atom stereocenters. The first-order valence-corrected chi connectivity index (χ1v) is 4.50. The van der Waals surface area contributed by atoms with Crippen molar-refractivity contribution in [2.24, 2.45) is 0 Å². The Morgan fingerprint density at radius 2 is 2.31 bits per heavy atom. The number of carbonyl (C=O) groups excluding carboxylic acids is 1. The SMILES string of the molecule is CC(=O)C1CCc2ccc(O)cc21. The third kappa shape index (κ3) is 1.32. The largest absolute Gasteiger partial charge is 0.508 e. The number of phenols is 1. The molecule has 1 aromatic carbocycles. The van der Waals surface area contributed by atoms with Crippen molar-refractivity contribution in [1.29, 1.82) is 0 Å². The zero-order chi connectivity index (χ0) is 9.42. The minimum Gasteiger partial charge on any atom is -0.508 e. The quantitative estimate of drug-likeness (QED) is 0.710. The second-order valence-corrected chi connectivity index (χ2v) is 3.59. The minimum absolute atomic E-state index is 0.0158. The first-order valence-electron chi connectivity index (χ1n) is 4.50. The molecule has 1 aliphatic carbocycles. The molecule has 13 heavy (non-hydrogen) atoms. The van der Waals surface area contributed by atoms with Crippen LogP contribution in [-0.4, -0.2) is 10.9 Å². The number of hydrogen-bond donors (Lipinski definition) is 1. The van der Waals surface area contributed by atoms with Gasteiger partial charge in [-0.1, -0.05) is 6.07 Å². The number of ketones is 1. The number of aromatic hydroxyl groups is 1. The molecule has 1 aliphatic rings. The molecule has 0 bridgehead atoms. The van der Waals surface area contributed by atoms with Crippen molar-refractivity contribution in [2.75, 3.05) is 0 Å². The van der Waals surface area contributed by atoms with E-state index in [1.165, 1.54) is 5.56 Å². The Morgan fingerprint density at radius 1 is 1.54 bits per heavy atom. The maximum Gasteiger partial charge on any atom is 0.137 e. The maximum absolute atomic E-state index is 11.2. The van der Waals surface area contributed by atoms with E-state index in [9.17, 15) is 9.90 Å². The number of benzene rings is 1. The Bertz CT molecular complexity index is 355. The number of fused-ring (bicyclic) bond motifs is 1. The summed E-state index contributed by atoms with van der Waals surface area (Å²) in [6.07, 6.45) is 1.86. The molecule has 0 fully saturated rings. The molecule has 0 radical (unpaired) electrons. The number of hydrogen-bond acceptors (Lipinski definition) is 2. The molecule has 68 valence electrons. The van der Waals surface area contributed by atoms with E-state index >= 15 is 0 Å². The molecule has 0 aliphatic heterocycles. The van der Waals surface area contributed by atoms with E-state index in [0.29, 0.717) is 0 Å². The molecule has 0 saturated heterocycles. The lowest BCUT2D eigenvalue weighted by Crippen LogP contribution is -2.04. The van der Waals surface area contributed by atoms with Gasteiger partial charge in [0.2, 0.25) is 0 Å². The first kappa shape index (κ1) is 8.30. The average molecular weight is 176 g/mol. The van der Waals surface area contributed by atoms with Crippen molar-refractivity contribution in [3.63, 3.8) is 0 Å². The van der Waals surface area contributed by atoms with Crippen molar-refractivity contribution in [3.05, 3.63) is 29.3 Å². The van der Waals surface area contributed by atoms with E-state index in [2.05, 4.69) is 0 Å². The van der Waals surface area contributed by atoms with Crippen LogP contribution < -0.4 is 0 Å². The number of rotatable bonds is 1. The minimum atomic E-state index is 0.0158. The normalized spacial score (nSPS) is 19.9. The number of aryl methyl sites for hydroxylation is 1. The van der Waals surface area contributed by atoms with E-state index in [-0.39, 0.29) is 17.5 Å². The zero-order valence-corrected chi connectivity index (χ0v) is 7.58. The Morgan fingerprint density at radius 3 is 3.00 bits per heavy atom. The first-order chi connectivity index (χ1) is 6.18. The summed E-state index contributed by atoms with van der Waals surface area (Å²) in [5.74, 6) is 0.471. The monoisotopic (exact) mass is 176 g/mol. The highest BCUT2D eigenvalue weighted by molar-refractivity contribution is 5.84. The van der Waals surface area contributed by atoms with Gasteiger partial charge in [0.05, 0.1) is 0 Å². The van der Waals surface area contributed by atoms with Gasteiger partial charge in [0, 0.05) is 5.92 Å². The van der Waals surface area contributed by atoms with Crippen LogP contribution >= 0.6 is 0 Å². The Balaban J connectivity index is 2.46. The van der Waals surface area contributed by atoms with Crippen LogP contribution in [0.15, 0.2) is 18.2 Å². The second-order valence-electron chi connectivity index (χ2n) is 3.59. The highest BCUT2D eigenvalue weighted by atomic mass is 16.3. The topological polar surface area (TPSA) is 37.3 Å². The molecular weight excluding hydrogens is 164 g/mol. The predicted molar refractivity (Wildman–Crippen MR) is 49.8 cm³/mol. The Labute approximate surface area is 77.2 Å². The average Bonchev–Trinajstić information content (AvgIpc) is 2.46. The van der Waals surface area contributed by atoms with Crippen molar-refractivity contribution < 1.29 is 9.90 Å². The van der Waals surface area contributed by atoms with Gasteiger partial charge < -0.3 is 5.11 Å². The molecule has 0 heterocycles. The number of Topliss-reactive ketones (excluding diaryl/α,β-unsaturated/α-hetero) is 1. The van der Waals surface area contributed by atoms with Crippen molar-refractivity contribution in [2.45, 2.75) is 25.7 Å². The van der Waals surface area contributed by atoms with Crippen LogP contribution in [-0.2, 0) is 11.2 Å². The van der Waals surface area contributed by atoms with Gasteiger partial charge in [-0.25, -0.2) is 0 Å². The van der Waals surface area contributed by atoms with E-state index < -0.39 is 0 Å². The number of carbonyl (C=O) groups is 1. The second kappa shape index (κ2) is 2.87. The van der Waals surface area contributed by atoms with Gasteiger partial charge in [0.25, 0.3) is 0 Å². The van der Waals surface area contributed by atoms with Gasteiger partial charge in [-0.15, -0.1) is 0 Å². The van der Waals surface area contributed by atoms with Crippen LogP contribution in [0.2, 0.25) is 0 Å². The van der Waals surface area contributed by atoms with E-state index in [1.54, 1.807) is 19.1 Å². The van der Waals surface area contributed by atoms with Gasteiger partial charge in [0.15, 0.2) is 0 Å². The molecule has 1 unspecified atom stereocenters. The van der Waals surface area contributed by atoms with Crippen molar-refractivity contribution in [1.82, 2.24) is 0 Å². The highest BCUT2D eigenvalue weighted by Crippen LogP contribution is 2.35. The maximum atomic E-state index is 11.2. The lowest BCUT2D eigenvalue weighted by atomic mass is 9.98. The Kier molecular flexibility index (Phi) is 1.83. The van der Waals surface area contributed by atoms with Crippen molar-refractivity contribution >= 4 is 5.78 Å². The van der Waals surface area contributed by atoms with Gasteiger partial charge in [-0.3, -0.25) is 4.79 Å². The molecule has 1 aromatic rings. The van der Waals surface area contributed by atoms with Crippen LogP contribution in [0.4, 0.5) is 0 Å². The summed E-state index contributed by atoms with van der Waals surface area (Å²) < 4.78 is 0. The molecule has 0 saturated carbocycles. The lowest BCUT2D eigenvalue weighted by molar-refractivity contribution is -0.118. The molecule has 2 rings (SSSR count). The summed E-state index contributed by atoms with van der Waals surface area (Å²) in [5.41, 5.74) is 2.23. The van der Waals surface area contributed by atoms with Gasteiger partial charge >= 0.3 is 0 Å². The van der Waals surface area contributed by atoms with Crippen LogP contribution in [0.5, 0.6) is 5.75 Å². The highest BCUT2D eigenvalue weighted by Gasteiger charge is 2.25. The van der Waals surface area contributed by atoms with Crippen molar-refractivity contribution in [3.8, 4) is 5.75 Å². The number of phenolic OH excluding ortho intramolecular Hbond substituents is 1. The van der Waals surface area contributed by atoms with Crippen LogP contribution in [0.1, 0.15) is 30.4 Å². The summed E-state index contributed by atoms with van der Waals surface area (Å²) in [4.78, 5) is 11.2. The Hall–Kier alpha value is -1.31. The van der Waals surface area contributed by atoms with Crippen LogP contribution in [0.25, 0.3) is 0 Å². The third-order valence-electron chi connectivity index (χ3n) is 2.70. The standard InChI is InChI=1S/C11H12O2/c1-7(12)10-5-3-8-2-4-9(13)6-11(8)10/h2,4,6,10,13H,3,5H2,1H3. The molecule has 0 aromatic heterocycles. The molecule has 2 nitrogen and oxygen atoms in total. The molecule has 2 heteroatoms. The smallest absolute Gasteiger partial charge is 0.137 e. The summed E-state index contributed by atoms with van der Waals surface area (Å²) in [7, 11) is 0. The van der Waals surface area contributed by atoms with E-state index in [4.69, 9.17) is 0 Å². The third-order valence-corrected chi connectivity index (χ3v) is 2.70. The summed E-state index contributed by atoms with van der Waals surface area (Å²) >= 11 is 0. The fourth-order valence-corrected chi connectivity index (χ4v) is 2.01. The van der Waals surface area contributed by atoms with Crippen LogP contribution in [0.3, 0.4) is 0 Å². The fourth-order valence-electron chi connectivity index (χ4n) is 2.01. The van der Waals surface area contributed by atoms with Crippen LogP contribution in [0, 0.1) is 0 Å². The van der Waals surface area contributed by atoms with Gasteiger partial charge in [-0.05, 0) is 43.0 Å².